The van der Waals surface area contributed by atoms with Gasteiger partial charge in [0.2, 0.25) is 0 Å². The van der Waals surface area contributed by atoms with E-state index >= 15 is 0 Å². The monoisotopic (exact) mass is 290 g/mol. The summed E-state index contributed by atoms with van der Waals surface area (Å²) in [6, 6.07) is 21.4. The molecule has 0 fully saturated rings. The van der Waals surface area contributed by atoms with Gasteiger partial charge in [-0.15, -0.1) is 52.6 Å². The van der Waals surface area contributed by atoms with Gasteiger partial charge in [0, 0.05) is 0 Å². The first-order chi connectivity index (χ1) is 10.9. The van der Waals surface area contributed by atoms with Crippen molar-refractivity contribution in [1.82, 2.24) is 0 Å². The van der Waals surface area contributed by atoms with Gasteiger partial charge in [-0.25, -0.2) is 0 Å². The Balaban J connectivity index is 0. The second-order valence-electron chi connectivity index (χ2n) is 3.51. The van der Waals surface area contributed by atoms with E-state index in [1.807, 2.05) is 0 Å². The molecular formula is C22H26. The van der Waals surface area contributed by atoms with E-state index in [0.29, 0.717) is 0 Å². The van der Waals surface area contributed by atoms with Crippen LogP contribution >= 0.6 is 0 Å². The lowest BCUT2D eigenvalue weighted by molar-refractivity contribution is 1.76. The molecule has 0 amide bonds. The Bertz CT molecular complexity index is 589. The number of hydrogen-bond donors (Lipinski definition) is 0. The van der Waals surface area contributed by atoms with Crippen molar-refractivity contribution < 1.29 is 0 Å². The molecule has 0 unspecified atom stereocenters. The number of benzene rings is 3. The molecule has 0 N–H and O–H groups in total. The molecule has 0 saturated heterocycles. The topological polar surface area (TPSA) is 0 Å². The van der Waals surface area contributed by atoms with Gasteiger partial charge >= 0.3 is 0 Å². The summed E-state index contributed by atoms with van der Waals surface area (Å²) in [6.45, 7) is 24.0. The molecule has 0 nitrogen and oxygen atoms in total. The molecule has 3 aromatic carbocycles. The third kappa shape index (κ3) is 5.64. The average Bonchev–Trinajstić information content (AvgIpc) is 2.68. The maximum Gasteiger partial charge on any atom is -0.0105 e. The highest BCUT2D eigenvalue weighted by molar-refractivity contribution is 6.07. The van der Waals surface area contributed by atoms with Crippen LogP contribution in [-0.4, -0.2) is 0 Å². The van der Waals surface area contributed by atoms with E-state index in [1.165, 1.54) is 21.5 Å². The van der Waals surface area contributed by atoms with Crippen molar-refractivity contribution in [3.8, 4) is 0 Å². The zero-order chi connectivity index (χ0) is 17.4. The second kappa shape index (κ2) is 14.5. The maximum absolute atomic E-state index is 3.00. The molecule has 0 radical (unpaired) electrons. The minimum atomic E-state index is 1.31. The highest BCUT2D eigenvalue weighted by Crippen LogP contribution is 2.24. The fourth-order valence-electron chi connectivity index (χ4n) is 1.95. The van der Waals surface area contributed by atoms with Crippen molar-refractivity contribution in [3.63, 3.8) is 0 Å². The largest absolute Gasteiger partial charge is 0.106 e. The highest BCUT2D eigenvalue weighted by atomic mass is 14.0. The van der Waals surface area contributed by atoms with E-state index in [-0.39, 0.29) is 0 Å². The summed E-state index contributed by atoms with van der Waals surface area (Å²) in [6.07, 6.45) is 0. The van der Waals surface area contributed by atoms with Crippen LogP contribution in [0.5, 0.6) is 0 Å². The zero-order valence-electron chi connectivity index (χ0n) is 13.4. The minimum Gasteiger partial charge on any atom is -0.106 e. The van der Waals surface area contributed by atoms with Crippen molar-refractivity contribution in [1.29, 1.82) is 0 Å². The van der Waals surface area contributed by atoms with Gasteiger partial charge in [0.1, 0.15) is 0 Å². The average molecular weight is 290 g/mol. The molecule has 0 spiro atoms. The molecule has 114 valence electrons. The van der Waals surface area contributed by atoms with Gasteiger partial charge in [-0.1, -0.05) is 60.7 Å². The summed E-state index contributed by atoms with van der Waals surface area (Å²) < 4.78 is 0. The van der Waals surface area contributed by atoms with E-state index in [9.17, 15) is 0 Å². The minimum absolute atomic E-state index is 1.31. The quantitative estimate of drug-likeness (QED) is 0.303. The Morgan fingerprint density at radius 3 is 0.955 bits per heavy atom. The fraction of sp³-hybridized carbons (Fsp3) is 0. The second-order valence-corrected chi connectivity index (χ2v) is 3.51. The summed E-state index contributed by atoms with van der Waals surface area (Å²) in [5.41, 5.74) is 0. The summed E-state index contributed by atoms with van der Waals surface area (Å²) in [5, 5.41) is 5.30. The van der Waals surface area contributed by atoms with Crippen molar-refractivity contribution in [3.05, 3.63) is 113 Å². The van der Waals surface area contributed by atoms with Crippen LogP contribution in [0.4, 0.5) is 0 Å². The Morgan fingerprint density at radius 2 is 0.636 bits per heavy atom. The SMILES string of the molecule is C=C.C=C.C=C.C=C.c1ccc2c(c1)ccc1ccccc12. The van der Waals surface area contributed by atoms with Gasteiger partial charge in [-0.2, -0.15) is 0 Å². The van der Waals surface area contributed by atoms with Crippen LogP contribution in [0.25, 0.3) is 21.5 Å². The Kier molecular flexibility index (Phi) is 14.2. The molecule has 3 rings (SSSR count). The van der Waals surface area contributed by atoms with Crippen molar-refractivity contribution in [2.75, 3.05) is 0 Å². The molecule has 0 bridgehead atoms. The Labute approximate surface area is 135 Å². The van der Waals surface area contributed by atoms with Gasteiger partial charge in [0.25, 0.3) is 0 Å². The van der Waals surface area contributed by atoms with Crippen LogP contribution in [0.2, 0.25) is 0 Å². The summed E-state index contributed by atoms with van der Waals surface area (Å²) in [5.74, 6) is 0. The van der Waals surface area contributed by atoms with Crippen LogP contribution in [-0.2, 0) is 0 Å². The molecule has 0 atom stereocenters. The highest BCUT2D eigenvalue weighted by Gasteiger charge is 1.97. The molecule has 0 aliphatic heterocycles. The standard InChI is InChI=1S/C14H10.4C2H4/c1-3-7-13-11(5-1)9-10-12-6-2-4-8-14(12)13;4*1-2/h1-10H;4*1-2H2. The van der Waals surface area contributed by atoms with E-state index in [4.69, 9.17) is 0 Å². The molecular weight excluding hydrogens is 264 g/mol. The van der Waals surface area contributed by atoms with Crippen LogP contribution in [0, 0.1) is 0 Å². The first kappa shape index (κ1) is 21.4. The van der Waals surface area contributed by atoms with Crippen molar-refractivity contribution >= 4 is 21.5 Å². The first-order valence-corrected chi connectivity index (χ1v) is 6.82. The third-order valence-electron chi connectivity index (χ3n) is 2.65. The van der Waals surface area contributed by atoms with Gasteiger partial charge < -0.3 is 0 Å². The molecule has 0 aliphatic rings. The third-order valence-corrected chi connectivity index (χ3v) is 2.65. The Morgan fingerprint density at radius 1 is 0.364 bits per heavy atom. The molecule has 22 heavy (non-hydrogen) atoms. The van der Waals surface area contributed by atoms with Crippen molar-refractivity contribution in [2.24, 2.45) is 0 Å². The van der Waals surface area contributed by atoms with Gasteiger partial charge in [0.15, 0.2) is 0 Å². The van der Waals surface area contributed by atoms with E-state index in [0.717, 1.165) is 0 Å². The van der Waals surface area contributed by atoms with Crippen LogP contribution < -0.4 is 0 Å². The van der Waals surface area contributed by atoms with Crippen LogP contribution in [0.15, 0.2) is 113 Å². The maximum atomic E-state index is 3.00. The number of hydrogen-bond acceptors (Lipinski definition) is 0. The van der Waals surface area contributed by atoms with E-state index in [1.54, 1.807) is 0 Å². The summed E-state index contributed by atoms with van der Waals surface area (Å²) in [4.78, 5) is 0. The molecule has 0 heterocycles. The van der Waals surface area contributed by atoms with Gasteiger partial charge in [-0.3, -0.25) is 0 Å². The smallest absolute Gasteiger partial charge is 0.0105 e. The molecule has 0 aromatic heterocycles. The summed E-state index contributed by atoms with van der Waals surface area (Å²) in [7, 11) is 0. The molecule has 3 aromatic rings. The first-order valence-electron chi connectivity index (χ1n) is 6.82. The number of fused-ring (bicyclic) bond motifs is 3. The van der Waals surface area contributed by atoms with Crippen LogP contribution in [0.3, 0.4) is 0 Å². The molecule has 0 saturated carbocycles. The normalized spacial score (nSPS) is 7.64. The van der Waals surface area contributed by atoms with E-state index < -0.39 is 0 Å². The van der Waals surface area contributed by atoms with E-state index in [2.05, 4.69) is 113 Å². The fourth-order valence-corrected chi connectivity index (χ4v) is 1.95. The van der Waals surface area contributed by atoms with Gasteiger partial charge in [-0.05, 0) is 21.5 Å². The summed E-state index contributed by atoms with van der Waals surface area (Å²) >= 11 is 0. The lowest BCUT2D eigenvalue weighted by atomic mass is 10.0. The molecule has 0 aliphatic carbocycles. The predicted octanol–water partition coefficient (Wildman–Crippen LogP) is 7.20. The van der Waals surface area contributed by atoms with Crippen LogP contribution in [0.1, 0.15) is 0 Å². The lowest BCUT2D eigenvalue weighted by Crippen LogP contribution is -1.75. The van der Waals surface area contributed by atoms with Crippen molar-refractivity contribution in [2.45, 2.75) is 0 Å². The molecule has 0 heteroatoms. The lowest BCUT2D eigenvalue weighted by Gasteiger charge is -2.02. The zero-order valence-corrected chi connectivity index (χ0v) is 13.4. The van der Waals surface area contributed by atoms with Gasteiger partial charge in [0.05, 0.1) is 0 Å². The Hall–Kier alpha value is -2.86. The number of rotatable bonds is 0. The predicted molar refractivity (Wildman–Crippen MR) is 106 cm³/mol.